The van der Waals surface area contributed by atoms with E-state index in [9.17, 15) is 0 Å². The summed E-state index contributed by atoms with van der Waals surface area (Å²) in [4.78, 5) is 0. The molecular formula is C10H18Co4. The summed E-state index contributed by atoms with van der Waals surface area (Å²) < 4.78 is 0. The fourth-order valence-electron chi connectivity index (χ4n) is 1.01. The fourth-order valence-corrected chi connectivity index (χ4v) is 1.01. The molecule has 0 saturated carbocycles. The third-order valence-electron chi connectivity index (χ3n) is 1.67. The molecule has 0 rings (SSSR count). The van der Waals surface area contributed by atoms with Gasteiger partial charge in [0.25, 0.3) is 0 Å². The largest absolute Gasteiger partial charge is 0.120 e. The first kappa shape index (κ1) is 29.6. The average Bonchev–Trinajstić information content (AvgIpc) is 1.97. The van der Waals surface area contributed by atoms with Crippen LogP contribution in [-0.4, -0.2) is 0 Å². The number of hydrogen-bond acceptors (Lipinski definition) is 0. The van der Waals surface area contributed by atoms with Gasteiger partial charge in [0.1, 0.15) is 0 Å². The van der Waals surface area contributed by atoms with Crippen molar-refractivity contribution >= 4 is 0 Å². The molecule has 0 aromatic rings. The standard InChI is InChI=1S/C10H18.4Co/c1-3-5-7-9-10-8-6-4-2;;;;/h1H,4-10H2,2H3;;;;. The van der Waals surface area contributed by atoms with Gasteiger partial charge in [-0.1, -0.05) is 39.0 Å². The van der Waals surface area contributed by atoms with E-state index in [1.807, 2.05) is 0 Å². The van der Waals surface area contributed by atoms with Gasteiger partial charge in [-0.15, -0.1) is 12.3 Å². The van der Waals surface area contributed by atoms with E-state index in [-0.39, 0.29) is 67.1 Å². The first-order valence-electron chi connectivity index (χ1n) is 4.35. The second kappa shape index (κ2) is 29.3. The van der Waals surface area contributed by atoms with Gasteiger partial charge in [-0.25, -0.2) is 0 Å². The molecule has 0 heterocycles. The summed E-state index contributed by atoms with van der Waals surface area (Å²) in [7, 11) is 0. The summed E-state index contributed by atoms with van der Waals surface area (Å²) in [6.07, 6.45) is 14.1. The van der Waals surface area contributed by atoms with E-state index < -0.39 is 0 Å². The Labute approximate surface area is 130 Å². The molecule has 0 aromatic carbocycles. The van der Waals surface area contributed by atoms with Crippen molar-refractivity contribution in [1.29, 1.82) is 0 Å². The maximum absolute atomic E-state index is 5.12. The monoisotopic (exact) mass is 374 g/mol. The summed E-state index contributed by atoms with van der Waals surface area (Å²) in [5, 5.41) is 0. The molecule has 0 amide bonds. The zero-order chi connectivity index (χ0) is 7.66. The zero-order valence-electron chi connectivity index (χ0n) is 8.36. The molecule has 0 aliphatic rings. The Bertz CT molecular complexity index is 98.8. The predicted molar refractivity (Wildman–Crippen MR) is 46.8 cm³/mol. The molecule has 0 atom stereocenters. The van der Waals surface area contributed by atoms with E-state index >= 15 is 0 Å². The molecule has 0 bridgehead atoms. The van der Waals surface area contributed by atoms with Crippen molar-refractivity contribution in [2.24, 2.45) is 0 Å². The molecule has 0 unspecified atom stereocenters. The normalized spacial score (nSPS) is 6.57. The van der Waals surface area contributed by atoms with Gasteiger partial charge in [-0.2, -0.15) is 0 Å². The summed E-state index contributed by atoms with van der Waals surface area (Å²) in [6.45, 7) is 2.24. The van der Waals surface area contributed by atoms with Crippen LogP contribution >= 0.6 is 0 Å². The van der Waals surface area contributed by atoms with Crippen LogP contribution in [0.4, 0.5) is 0 Å². The van der Waals surface area contributed by atoms with Crippen LogP contribution in [0.15, 0.2) is 0 Å². The average molecular weight is 374 g/mol. The summed E-state index contributed by atoms with van der Waals surface area (Å²) >= 11 is 0. The van der Waals surface area contributed by atoms with Gasteiger partial charge in [0.05, 0.1) is 0 Å². The molecule has 0 aromatic heterocycles. The second-order valence-corrected chi connectivity index (χ2v) is 2.72. The Morgan fingerprint density at radius 1 is 0.786 bits per heavy atom. The first-order chi connectivity index (χ1) is 4.91. The minimum Gasteiger partial charge on any atom is -0.120 e. The number of terminal acetylenes is 1. The van der Waals surface area contributed by atoms with E-state index in [2.05, 4.69) is 12.8 Å². The summed E-state index contributed by atoms with van der Waals surface area (Å²) in [5.41, 5.74) is 0. The van der Waals surface area contributed by atoms with Crippen molar-refractivity contribution < 1.29 is 67.1 Å². The molecule has 0 aliphatic heterocycles. The molecule has 14 heavy (non-hydrogen) atoms. The first-order valence-corrected chi connectivity index (χ1v) is 4.35. The van der Waals surface area contributed by atoms with Gasteiger partial charge in [-0.05, 0) is 6.42 Å². The molecule has 0 spiro atoms. The Kier molecular flexibility index (Phi) is 61.9. The molecule has 0 saturated heterocycles. The topological polar surface area (TPSA) is 0 Å². The third kappa shape index (κ3) is 29.2. The number of rotatable bonds is 6. The Morgan fingerprint density at radius 2 is 1.21 bits per heavy atom. The van der Waals surface area contributed by atoms with Crippen LogP contribution in [0.3, 0.4) is 0 Å². The van der Waals surface area contributed by atoms with E-state index in [0.29, 0.717) is 0 Å². The maximum Gasteiger partial charge on any atom is 0.00860 e. The van der Waals surface area contributed by atoms with Gasteiger partial charge >= 0.3 is 0 Å². The number of hydrogen-bond donors (Lipinski definition) is 0. The van der Waals surface area contributed by atoms with Gasteiger partial charge in [0.2, 0.25) is 0 Å². The Balaban J connectivity index is -0.0000000675. The molecule has 0 aliphatic carbocycles. The summed E-state index contributed by atoms with van der Waals surface area (Å²) in [5.74, 6) is 2.66. The quantitative estimate of drug-likeness (QED) is 0.494. The van der Waals surface area contributed by atoms with Crippen molar-refractivity contribution in [2.75, 3.05) is 0 Å². The molecular weight excluding hydrogens is 356 g/mol. The van der Waals surface area contributed by atoms with E-state index in [1.165, 1.54) is 38.5 Å². The van der Waals surface area contributed by atoms with E-state index in [1.54, 1.807) is 0 Å². The summed E-state index contributed by atoms with van der Waals surface area (Å²) in [6, 6.07) is 0. The van der Waals surface area contributed by atoms with Gasteiger partial charge in [0.15, 0.2) is 0 Å². The molecule has 4 radical (unpaired) electrons. The zero-order valence-corrected chi connectivity index (χ0v) is 12.5. The van der Waals surface area contributed by atoms with Crippen molar-refractivity contribution in [3.63, 3.8) is 0 Å². The van der Waals surface area contributed by atoms with Crippen LogP contribution in [-0.2, 0) is 67.1 Å². The second-order valence-electron chi connectivity index (χ2n) is 2.72. The minimum absolute atomic E-state index is 0. The molecule has 4 heteroatoms. The Morgan fingerprint density at radius 3 is 1.64 bits per heavy atom. The smallest absolute Gasteiger partial charge is 0.00860 e. The number of unbranched alkanes of at least 4 members (excludes halogenated alkanes) is 6. The SMILES string of the molecule is C#CCCCCCCCC.[Co].[Co].[Co].[Co]. The van der Waals surface area contributed by atoms with E-state index in [0.717, 1.165) is 6.42 Å². The third-order valence-corrected chi connectivity index (χ3v) is 1.67. The van der Waals surface area contributed by atoms with Crippen molar-refractivity contribution in [1.82, 2.24) is 0 Å². The van der Waals surface area contributed by atoms with Crippen molar-refractivity contribution in [2.45, 2.75) is 51.9 Å². The van der Waals surface area contributed by atoms with Gasteiger partial charge in [-0.3, -0.25) is 0 Å². The van der Waals surface area contributed by atoms with Gasteiger partial charge in [0, 0.05) is 73.5 Å². The molecule has 0 nitrogen and oxygen atoms in total. The maximum atomic E-state index is 5.12. The van der Waals surface area contributed by atoms with Crippen LogP contribution < -0.4 is 0 Å². The van der Waals surface area contributed by atoms with Crippen molar-refractivity contribution in [3.05, 3.63) is 0 Å². The van der Waals surface area contributed by atoms with Gasteiger partial charge < -0.3 is 0 Å². The predicted octanol–water partition coefficient (Wildman–Crippen LogP) is 3.36. The van der Waals surface area contributed by atoms with Crippen LogP contribution in [0.5, 0.6) is 0 Å². The molecule has 94 valence electrons. The van der Waals surface area contributed by atoms with Crippen LogP contribution in [0.2, 0.25) is 0 Å². The Hall–Kier alpha value is 1.59. The molecule has 0 N–H and O–H groups in total. The minimum atomic E-state index is 0. The van der Waals surface area contributed by atoms with Crippen LogP contribution in [0, 0.1) is 12.3 Å². The van der Waals surface area contributed by atoms with E-state index in [4.69, 9.17) is 6.42 Å². The fraction of sp³-hybridized carbons (Fsp3) is 0.800. The van der Waals surface area contributed by atoms with Crippen molar-refractivity contribution in [3.8, 4) is 12.3 Å². The van der Waals surface area contributed by atoms with Crippen LogP contribution in [0.1, 0.15) is 51.9 Å². The molecule has 0 fully saturated rings. The van der Waals surface area contributed by atoms with Crippen LogP contribution in [0.25, 0.3) is 0 Å².